The number of H-pyrrole nitrogens is 1. The molecule has 1 aromatic heterocycles. The third-order valence-corrected chi connectivity index (χ3v) is 8.67. The lowest BCUT2D eigenvalue weighted by molar-refractivity contribution is -0.944. The summed E-state index contributed by atoms with van der Waals surface area (Å²) in [6.45, 7) is 7.03. The van der Waals surface area contributed by atoms with Gasteiger partial charge in [0, 0.05) is 58.1 Å². The Morgan fingerprint density at radius 3 is 3.00 bits per heavy atom. The SMILES string of the molecule is CC1(C)c2[nH]c3cc(Br)ccc3c2C[C@@]23C[NH+]4CCC[C@]4(C[C@@H]12)C(=O)N3. The van der Waals surface area contributed by atoms with Crippen LogP contribution in [0.25, 0.3) is 10.9 Å². The van der Waals surface area contributed by atoms with E-state index in [0.29, 0.717) is 11.8 Å². The number of carbonyl (C=O) groups is 1. The van der Waals surface area contributed by atoms with Crippen molar-refractivity contribution in [2.75, 3.05) is 13.1 Å². The van der Waals surface area contributed by atoms with Crippen molar-refractivity contribution in [1.29, 1.82) is 0 Å². The van der Waals surface area contributed by atoms with Crippen molar-refractivity contribution in [3.8, 4) is 0 Å². The molecular formula is C21H25BrN3O+. The van der Waals surface area contributed by atoms with Crippen LogP contribution in [0.3, 0.4) is 0 Å². The van der Waals surface area contributed by atoms with Gasteiger partial charge in [-0.3, -0.25) is 4.79 Å². The van der Waals surface area contributed by atoms with E-state index >= 15 is 0 Å². The summed E-state index contributed by atoms with van der Waals surface area (Å²) in [5.41, 5.74) is 3.81. The summed E-state index contributed by atoms with van der Waals surface area (Å²) in [4.78, 5) is 18.4. The average Bonchev–Trinajstić information content (AvgIpc) is 3.15. The average molecular weight is 415 g/mol. The van der Waals surface area contributed by atoms with Crippen LogP contribution in [0.2, 0.25) is 0 Å². The number of amides is 1. The Morgan fingerprint density at radius 1 is 1.31 bits per heavy atom. The number of hydrogen-bond acceptors (Lipinski definition) is 1. The summed E-state index contributed by atoms with van der Waals surface area (Å²) < 4.78 is 1.11. The van der Waals surface area contributed by atoms with Gasteiger partial charge in [-0.05, 0) is 17.7 Å². The third kappa shape index (κ3) is 1.64. The molecule has 5 heteroatoms. The number of carbonyl (C=O) groups excluding carboxylic acids is 1. The lowest BCUT2D eigenvalue weighted by Crippen LogP contribution is -3.26. The molecule has 1 aromatic carbocycles. The van der Waals surface area contributed by atoms with Crippen molar-refractivity contribution in [3.63, 3.8) is 0 Å². The highest BCUT2D eigenvalue weighted by Gasteiger charge is 2.71. The Kier molecular flexibility index (Phi) is 2.75. The number of hydrogen-bond donors (Lipinski definition) is 3. The molecule has 4 nitrogen and oxygen atoms in total. The molecule has 2 aromatic rings. The van der Waals surface area contributed by atoms with Gasteiger partial charge >= 0.3 is 0 Å². The topological polar surface area (TPSA) is 49.3 Å². The molecule has 2 bridgehead atoms. The molecule has 0 radical (unpaired) electrons. The van der Waals surface area contributed by atoms with Crippen molar-refractivity contribution >= 4 is 32.7 Å². The molecule has 4 atom stereocenters. The number of piperazine rings is 1. The van der Waals surface area contributed by atoms with Gasteiger partial charge < -0.3 is 15.2 Å². The molecule has 7 rings (SSSR count). The van der Waals surface area contributed by atoms with Crippen molar-refractivity contribution in [2.45, 2.75) is 56.0 Å². The Bertz CT molecular complexity index is 979. The Labute approximate surface area is 161 Å². The Balaban J connectivity index is 1.59. The van der Waals surface area contributed by atoms with Gasteiger partial charge in [-0.25, -0.2) is 0 Å². The van der Waals surface area contributed by atoms with Crippen LogP contribution in [0.4, 0.5) is 0 Å². The summed E-state index contributed by atoms with van der Waals surface area (Å²) in [5, 5.41) is 4.89. The van der Waals surface area contributed by atoms with Gasteiger partial charge in [0.2, 0.25) is 0 Å². The predicted molar refractivity (Wildman–Crippen MR) is 104 cm³/mol. The van der Waals surface area contributed by atoms with Crippen LogP contribution in [0.15, 0.2) is 22.7 Å². The molecule has 4 fully saturated rings. The lowest BCUT2D eigenvalue weighted by atomic mass is 9.51. The van der Waals surface area contributed by atoms with Crippen molar-refractivity contribution in [2.24, 2.45) is 5.92 Å². The van der Waals surface area contributed by atoms with E-state index in [2.05, 4.69) is 58.3 Å². The largest absolute Gasteiger partial charge is 0.358 e. The minimum atomic E-state index is -0.157. The fraction of sp³-hybridized carbons (Fsp3) is 0.571. The Morgan fingerprint density at radius 2 is 2.15 bits per heavy atom. The van der Waals surface area contributed by atoms with E-state index in [1.807, 2.05) is 0 Å². The van der Waals surface area contributed by atoms with E-state index in [1.165, 1.54) is 28.6 Å². The van der Waals surface area contributed by atoms with Gasteiger partial charge in [0.1, 0.15) is 6.54 Å². The molecular weight excluding hydrogens is 390 g/mol. The minimum Gasteiger partial charge on any atom is -0.358 e. The number of benzene rings is 1. The van der Waals surface area contributed by atoms with Crippen LogP contribution in [-0.2, 0) is 16.6 Å². The summed E-state index contributed by atoms with van der Waals surface area (Å²) in [6.07, 6.45) is 4.25. The second kappa shape index (κ2) is 4.56. The number of fused-ring (bicyclic) bond motifs is 4. The van der Waals surface area contributed by atoms with Gasteiger partial charge in [0.05, 0.1) is 12.1 Å². The van der Waals surface area contributed by atoms with E-state index in [-0.39, 0.29) is 16.5 Å². The zero-order chi connectivity index (χ0) is 17.9. The van der Waals surface area contributed by atoms with Gasteiger partial charge in [-0.15, -0.1) is 0 Å². The first-order valence-corrected chi connectivity index (χ1v) is 10.6. The first-order chi connectivity index (χ1) is 12.4. The first kappa shape index (κ1) is 15.7. The van der Waals surface area contributed by atoms with Crippen molar-refractivity contribution in [1.82, 2.24) is 10.3 Å². The molecule has 1 aliphatic carbocycles. The zero-order valence-corrected chi connectivity index (χ0v) is 16.9. The minimum absolute atomic E-state index is 0.0356. The highest BCUT2D eigenvalue weighted by molar-refractivity contribution is 9.10. The molecule has 5 aliphatic rings. The van der Waals surface area contributed by atoms with E-state index in [4.69, 9.17) is 0 Å². The predicted octanol–water partition coefficient (Wildman–Crippen LogP) is 2.07. The van der Waals surface area contributed by atoms with Crippen LogP contribution in [0.1, 0.15) is 44.4 Å². The van der Waals surface area contributed by atoms with E-state index in [0.717, 1.165) is 36.8 Å². The monoisotopic (exact) mass is 414 g/mol. The number of aromatic amines is 1. The molecule has 1 amide bonds. The van der Waals surface area contributed by atoms with E-state index < -0.39 is 0 Å². The van der Waals surface area contributed by atoms with Gasteiger partial charge in [-0.2, -0.15) is 0 Å². The number of nitrogens with one attached hydrogen (secondary N) is 3. The van der Waals surface area contributed by atoms with Crippen molar-refractivity contribution < 1.29 is 9.69 Å². The summed E-state index contributed by atoms with van der Waals surface area (Å²) >= 11 is 3.61. The third-order valence-electron chi connectivity index (χ3n) is 8.18. The molecule has 26 heavy (non-hydrogen) atoms. The van der Waals surface area contributed by atoms with E-state index in [1.54, 1.807) is 4.90 Å². The second-order valence-electron chi connectivity index (χ2n) is 9.65. The fourth-order valence-corrected chi connectivity index (χ4v) is 7.40. The lowest BCUT2D eigenvalue weighted by Gasteiger charge is -2.63. The van der Waals surface area contributed by atoms with Gasteiger partial charge in [-0.1, -0.05) is 35.8 Å². The highest BCUT2D eigenvalue weighted by atomic mass is 79.9. The van der Waals surface area contributed by atoms with Gasteiger partial charge in [0.25, 0.3) is 5.91 Å². The standard InChI is InChI=1S/C21H24BrN3O/c1-19(2)16-10-21-6-3-7-25(21)11-20(16,24-18(21)26)9-14-13-5-4-12(22)8-15(13)23-17(14)19/h4-5,8,16,23H,3,6-7,9-11H2,1-2H3,(H,24,26)/p+1/t16-,20+,21-/m0/s1. The smallest absolute Gasteiger partial charge is 0.282 e. The number of halogens is 1. The highest BCUT2D eigenvalue weighted by Crippen LogP contribution is 2.54. The van der Waals surface area contributed by atoms with Crippen LogP contribution >= 0.6 is 15.9 Å². The second-order valence-corrected chi connectivity index (χ2v) is 10.6. The number of piperidine rings is 2. The maximum Gasteiger partial charge on any atom is 0.282 e. The molecule has 1 unspecified atom stereocenters. The van der Waals surface area contributed by atoms with Crippen LogP contribution < -0.4 is 10.2 Å². The van der Waals surface area contributed by atoms with Crippen molar-refractivity contribution in [3.05, 3.63) is 33.9 Å². The quantitative estimate of drug-likeness (QED) is 0.607. The van der Waals surface area contributed by atoms with Crippen LogP contribution in [-0.4, -0.2) is 35.1 Å². The number of quaternary nitrogens is 1. The van der Waals surface area contributed by atoms with Gasteiger partial charge in [0.15, 0.2) is 5.54 Å². The first-order valence-electron chi connectivity index (χ1n) is 9.84. The normalized spacial score (nSPS) is 39.4. The summed E-state index contributed by atoms with van der Waals surface area (Å²) in [6, 6.07) is 6.54. The molecule has 3 N–H and O–H groups in total. The van der Waals surface area contributed by atoms with Crippen LogP contribution in [0, 0.1) is 5.92 Å². The number of aromatic nitrogens is 1. The summed E-state index contributed by atoms with van der Waals surface area (Å²) in [7, 11) is 0. The maximum absolute atomic E-state index is 13.1. The van der Waals surface area contributed by atoms with Crippen LogP contribution in [0.5, 0.6) is 0 Å². The molecule has 4 aliphatic heterocycles. The fourth-order valence-electron chi connectivity index (χ4n) is 7.04. The Hall–Kier alpha value is -1.33. The molecule has 4 saturated heterocycles. The molecule has 136 valence electrons. The molecule has 5 heterocycles. The number of rotatable bonds is 0. The molecule has 0 saturated carbocycles. The van der Waals surface area contributed by atoms with E-state index in [9.17, 15) is 4.79 Å². The maximum atomic E-state index is 13.1. The molecule has 2 spiro atoms. The zero-order valence-electron chi connectivity index (χ0n) is 15.3. The summed E-state index contributed by atoms with van der Waals surface area (Å²) in [5.74, 6) is 0.827.